The van der Waals surface area contributed by atoms with Crippen LogP contribution < -0.4 is 15.4 Å². The molecular formula is C26H31N3O4. The van der Waals surface area contributed by atoms with Gasteiger partial charge in [0.25, 0.3) is 0 Å². The van der Waals surface area contributed by atoms with Gasteiger partial charge in [0, 0.05) is 17.8 Å². The van der Waals surface area contributed by atoms with Gasteiger partial charge in [-0.2, -0.15) is 0 Å². The van der Waals surface area contributed by atoms with Gasteiger partial charge in [-0.05, 0) is 44.9 Å². The van der Waals surface area contributed by atoms with Gasteiger partial charge in [-0.25, -0.2) is 9.78 Å². The van der Waals surface area contributed by atoms with Crippen LogP contribution in [-0.4, -0.2) is 34.1 Å². The second-order valence-electron chi connectivity index (χ2n) is 8.59. The molecule has 0 spiro atoms. The van der Waals surface area contributed by atoms with Crippen molar-refractivity contribution in [1.82, 2.24) is 10.3 Å². The molecule has 1 heterocycles. The van der Waals surface area contributed by atoms with Crippen molar-refractivity contribution in [2.24, 2.45) is 0 Å². The smallest absolute Gasteiger partial charge is 0.408 e. The average Bonchev–Trinajstić information content (AvgIpc) is 2.77. The number of amides is 1. The number of benzene rings is 2. The summed E-state index contributed by atoms with van der Waals surface area (Å²) in [4.78, 5) is 16.3. The van der Waals surface area contributed by atoms with Gasteiger partial charge in [-0.3, -0.25) is 0 Å². The number of alkyl carbamates (subject to hydrolysis) is 1. The number of hydrogen-bond acceptors (Lipinski definition) is 6. The molecule has 0 radical (unpaired) electrons. The fourth-order valence-electron chi connectivity index (χ4n) is 3.21. The molecule has 0 fully saturated rings. The van der Waals surface area contributed by atoms with Crippen molar-refractivity contribution in [3.8, 4) is 22.6 Å². The molecule has 0 aliphatic carbocycles. The number of nitrogens with one attached hydrogen (secondary N) is 2. The first-order chi connectivity index (χ1) is 15.7. The molecule has 3 aromatic rings. The quantitative estimate of drug-likeness (QED) is 0.389. The van der Waals surface area contributed by atoms with E-state index in [1.165, 1.54) is 0 Å². The van der Waals surface area contributed by atoms with Gasteiger partial charge in [0.2, 0.25) is 0 Å². The summed E-state index contributed by atoms with van der Waals surface area (Å²) in [7, 11) is 0. The van der Waals surface area contributed by atoms with Crippen molar-refractivity contribution in [2.75, 3.05) is 5.32 Å². The third kappa shape index (κ3) is 7.22. The van der Waals surface area contributed by atoms with E-state index in [-0.39, 0.29) is 0 Å². The molecule has 174 valence electrons. The van der Waals surface area contributed by atoms with Crippen LogP contribution in [0.2, 0.25) is 0 Å². The molecule has 2 aromatic carbocycles. The number of para-hydroxylation sites is 1. The highest BCUT2D eigenvalue weighted by molar-refractivity contribution is 5.71. The standard InChI is InChI=1S/C26H31N3O4/c1-5-21(28-25(31)33-26(2,3)4)24(30)29-23-17-19(15-16-27-23)32-22-14-10-9-13-20(22)18-11-7-6-8-12-18/h6-17,21,24,30H,5H2,1-4H3,(H,27,29)(H,28,31)/t21-,24?/m1/s1. The number of aromatic nitrogens is 1. The minimum Gasteiger partial charge on any atom is -0.457 e. The van der Waals surface area contributed by atoms with Crippen molar-refractivity contribution >= 4 is 11.9 Å². The van der Waals surface area contributed by atoms with Crippen molar-refractivity contribution in [3.05, 3.63) is 72.9 Å². The SMILES string of the molecule is CC[C@@H](NC(=O)OC(C)(C)C)C(O)Nc1cc(Oc2ccccc2-c2ccccc2)ccn1. The van der Waals surface area contributed by atoms with E-state index in [9.17, 15) is 9.90 Å². The van der Waals surface area contributed by atoms with Crippen LogP contribution in [0, 0.1) is 0 Å². The summed E-state index contributed by atoms with van der Waals surface area (Å²) in [6.45, 7) is 7.22. The highest BCUT2D eigenvalue weighted by Crippen LogP contribution is 2.33. The predicted octanol–water partition coefficient (Wildman–Crippen LogP) is 5.57. The zero-order valence-corrected chi connectivity index (χ0v) is 19.4. The number of rotatable bonds is 8. The molecule has 2 atom stereocenters. The Labute approximate surface area is 194 Å². The van der Waals surface area contributed by atoms with Gasteiger partial charge in [0.05, 0.1) is 6.04 Å². The van der Waals surface area contributed by atoms with Gasteiger partial charge in [-0.1, -0.05) is 55.5 Å². The number of aliphatic hydroxyl groups excluding tert-OH is 1. The van der Waals surface area contributed by atoms with E-state index in [4.69, 9.17) is 9.47 Å². The highest BCUT2D eigenvalue weighted by Gasteiger charge is 2.23. The van der Waals surface area contributed by atoms with Crippen LogP contribution in [0.15, 0.2) is 72.9 Å². The number of aliphatic hydroxyl groups is 1. The summed E-state index contributed by atoms with van der Waals surface area (Å²) >= 11 is 0. The minimum absolute atomic E-state index is 0.418. The second kappa shape index (κ2) is 10.8. The Morgan fingerprint density at radius 1 is 1.06 bits per heavy atom. The molecule has 0 aliphatic heterocycles. The largest absolute Gasteiger partial charge is 0.457 e. The highest BCUT2D eigenvalue weighted by atomic mass is 16.6. The van der Waals surface area contributed by atoms with E-state index < -0.39 is 24.0 Å². The van der Waals surface area contributed by atoms with Crippen molar-refractivity contribution < 1.29 is 19.4 Å². The van der Waals surface area contributed by atoms with E-state index in [0.29, 0.717) is 23.7 Å². The maximum Gasteiger partial charge on any atom is 0.408 e. The van der Waals surface area contributed by atoms with Crippen LogP contribution in [0.3, 0.4) is 0 Å². The van der Waals surface area contributed by atoms with Gasteiger partial charge >= 0.3 is 6.09 Å². The average molecular weight is 450 g/mol. The fourth-order valence-corrected chi connectivity index (χ4v) is 3.21. The fraction of sp³-hybridized carbons (Fsp3) is 0.308. The normalized spacial score (nSPS) is 13.0. The molecule has 1 amide bonds. The molecule has 1 unspecified atom stereocenters. The summed E-state index contributed by atoms with van der Waals surface area (Å²) in [5.41, 5.74) is 1.40. The van der Waals surface area contributed by atoms with Crippen LogP contribution in [-0.2, 0) is 4.74 Å². The maximum atomic E-state index is 12.1. The summed E-state index contributed by atoms with van der Waals surface area (Å²) < 4.78 is 11.4. The zero-order chi connectivity index (χ0) is 23.8. The maximum absolute atomic E-state index is 12.1. The zero-order valence-electron chi connectivity index (χ0n) is 19.4. The first kappa shape index (κ1) is 24.1. The van der Waals surface area contributed by atoms with Gasteiger partial charge in [0.15, 0.2) is 0 Å². The molecule has 0 aliphatic rings. The van der Waals surface area contributed by atoms with Crippen LogP contribution in [0.5, 0.6) is 11.5 Å². The summed E-state index contributed by atoms with van der Waals surface area (Å²) in [5.74, 6) is 1.69. The van der Waals surface area contributed by atoms with Crippen molar-refractivity contribution in [3.63, 3.8) is 0 Å². The lowest BCUT2D eigenvalue weighted by molar-refractivity contribution is 0.0441. The predicted molar refractivity (Wildman–Crippen MR) is 129 cm³/mol. The number of anilines is 1. The lowest BCUT2D eigenvalue weighted by Gasteiger charge is -2.26. The lowest BCUT2D eigenvalue weighted by Crippen LogP contribution is -2.48. The van der Waals surface area contributed by atoms with E-state index in [0.717, 1.165) is 11.1 Å². The number of carbonyl (C=O) groups excluding carboxylic acids is 1. The van der Waals surface area contributed by atoms with E-state index >= 15 is 0 Å². The third-order valence-corrected chi connectivity index (χ3v) is 4.75. The Hall–Kier alpha value is -3.58. The van der Waals surface area contributed by atoms with Gasteiger partial charge in [0.1, 0.15) is 29.1 Å². The molecule has 0 saturated carbocycles. The molecule has 7 nitrogen and oxygen atoms in total. The molecule has 0 bridgehead atoms. The Morgan fingerprint density at radius 2 is 1.76 bits per heavy atom. The van der Waals surface area contributed by atoms with Crippen molar-refractivity contribution in [2.45, 2.75) is 52.0 Å². The van der Waals surface area contributed by atoms with Crippen LogP contribution in [0.1, 0.15) is 34.1 Å². The first-order valence-electron chi connectivity index (χ1n) is 11.0. The summed E-state index contributed by atoms with van der Waals surface area (Å²) in [6, 6.07) is 20.7. The lowest BCUT2D eigenvalue weighted by atomic mass is 10.1. The Bertz CT molecular complexity index is 1050. The third-order valence-electron chi connectivity index (χ3n) is 4.75. The second-order valence-corrected chi connectivity index (χ2v) is 8.59. The molecule has 0 saturated heterocycles. The topological polar surface area (TPSA) is 92.7 Å². The summed E-state index contributed by atoms with van der Waals surface area (Å²) in [6.07, 6.45) is 0.436. The molecule has 33 heavy (non-hydrogen) atoms. The van der Waals surface area contributed by atoms with Crippen molar-refractivity contribution in [1.29, 1.82) is 0 Å². The Balaban J connectivity index is 1.70. The van der Waals surface area contributed by atoms with Crippen LogP contribution >= 0.6 is 0 Å². The number of nitrogens with zero attached hydrogens (tertiary/aromatic N) is 1. The van der Waals surface area contributed by atoms with Gasteiger partial charge < -0.3 is 25.2 Å². The van der Waals surface area contributed by atoms with Gasteiger partial charge in [-0.15, -0.1) is 0 Å². The monoisotopic (exact) mass is 449 g/mol. The minimum atomic E-state index is -1.07. The van der Waals surface area contributed by atoms with E-state index in [1.54, 1.807) is 39.1 Å². The molecule has 3 N–H and O–H groups in total. The number of hydrogen-bond donors (Lipinski definition) is 3. The molecule has 1 aromatic heterocycles. The molecular weight excluding hydrogens is 418 g/mol. The Kier molecular flexibility index (Phi) is 7.90. The van der Waals surface area contributed by atoms with E-state index in [1.807, 2.05) is 61.5 Å². The van der Waals surface area contributed by atoms with Crippen LogP contribution in [0.4, 0.5) is 10.6 Å². The Morgan fingerprint density at radius 3 is 2.45 bits per heavy atom. The van der Waals surface area contributed by atoms with Crippen LogP contribution in [0.25, 0.3) is 11.1 Å². The molecule has 3 rings (SSSR count). The summed E-state index contributed by atoms with van der Waals surface area (Å²) in [5, 5.41) is 16.2. The first-order valence-corrected chi connectivity index (χ1v) is 11.0. The number of carbonyl (C=O) groups is 1. The number of pyridine rings is 1. The van der Waals surface area contributed by atoms with E-state index in [2.05, 4.69) is 15.6 Å². The molecule has 7 heteroatoms. The number of ether oxygens (including phenoxy) is 2.